The molecule has 0 saturated heterocycles. The Balaban J connectivity index is 1.99. The zero-order chi connectivity index (χ0) is 21.0. The number of halogens is 1. The molecule has 0 atom stereocenters. The van der Waals surface area contributed by atoms with Crippen molar-refractivity contribution in [1.29, 1.82) is 0 Å². The van der Waals surface area contributed by atoms with Crippen LogP contribution in [0.3, 0.4) is 0 Å². The highest BCUT2D eigenvalue weighted by Crippen LogP contribution is 2.37. The maximum absolute atomic E-state index is 11.8. The van der Waals surface area contributed by atoms with Gasteiger partial charge in [-0.2, -0.15) is 0 Å². The fourth-order valence-corrected chi connectivity index (χ4v) is 2.75. The van der Waals surface area contributed by atoms with Crippen LogP contribution in [0.25, 0.3) is 0 Å². The van der Waals surface area contributed by atoms with Crippen molar-refractivity contribution >= 4 is 40.3 Å². The van der Waals surface area contributed by atoms with E-state index in [0.717, 1.165) is 5.56 Å². The number of aromatic nitrogens is 2. The molecule has 1 aromatic heterocycles. The Labute approximate surface area is 171 Å². The van der Waals surface area contributed by atoms with Gasteiger partial charge in [0.1, 0.15) is 17.8 Å². The van der Waals surface area contributed by atoms with Gasteiger partial charge in [-0.05, 0) is 36.8 Å². The molecule has 2 aromatic carbocycles. The molecule has 0 bridgehead atoms. The fourth-order valence-electron chi connectivity index (χ4n) is 2.57. The molecule has 0 saturated carbocycles. The highest BCUT2D eigenvalue weighted by atomic mass is 35.5. The number of nitrogens with zero attached hydrogens (tertiary/aromatic N) is 3. The zero-order valence-electron chi connectivity index (χ0n) is 15.9. The predicted octanol–water partition coefficient (Wildman–Crippen LogP) is 4.85. The smallest absolute Gasteiger partial charge is 0.353 e. The van der Waals surface area contributed by atoms with E-state index >= 15 is 0 Å². The molecule has 3 rings (SSSR count). The molecule has 0 unspecified atom stereocenters. The van der Waals surface area contributed by atoms with Gasteiger partial charge < -0.3 is 20.1 Å². The second-order valence-electron chi connectivity index (χ2n) is 5.96. The highest BCUT2D eigenvalue weighted by Gasteiger charge is 2.24. The first-order valence-electron chi connectivity index (χ1n) is 8.44. The monoisotopic (exact) mass is 415 g/mol. The van der Waals surface area contributed by atoms with E-state index in [4.69, 9.17) is 21.1 Å². The van der Waals surface area contributed by atoms with Gasteiger partial charge in [-0.15, -0.1) is 0 Å². The van der Waals surface area contributed by atoms with E-state index in [-0.39, 0.29) is 17.3 Å². The minimum absolute atomic E-state index is 0.00850. The van der Waals surface area contributed by atoms with Gasteiger partial charge in [0.25, 0.3) is 0 Å². The third-order valence-electron chi connectivity index (χ3n) is 4.10. The van der Waals surface area contributed by atoms with Crippen LogP contribution in [0, 0.1) is 17.0 Å². The maximum atomic E-state index is 11.8. The lowest BCUT2D eigenvalue weighted by Crippen LogP contribution is -2.06. The van der Waals surface area contributed by atoms with Crippen molar-refractivity contribution in [3.05, 3.63) is 63.4 Å². The molecule has 2 N–H and O–H groups in total. The number of hydrogen-bond donors (Lipinski definition) is 2. The number of benzene rings is 2. The van der Waals surface area contributed by atoms with Crippen molar-refractivity contribution in [2.75, 3.05) is 24.9 Å². The zero-order valence-corrected chi connectivity index (χ0v) is 16.6. The SMILES string of the molecule is COc1ccc(Nc2ncnc(Nc3ccc(C)c(Cl)c3)c2[N+](=O)[O-])c(OC)c1. The van der Waals surface area contributed by atoms with E-state index in [1.807, 2.05) is 6.92 Å². The fraction of sp³-hybridized carbons (Fsp3) is 0.158. The second-order valence-corrected chi connectivity index (χ2v) is 6.36. The van der Waals surface area contributed by atoms with E-state index in [1.54, 1.807) is 36.4 Å². The molecule has 150 valence electrons. The molecular formula is C19H18ClN5O4. The standard InChI is InChI=1S/C19H18ClN5O4/c1-11-4-5-12(8-14(11)20)23-18-17(25(26)27)19(22-10-21-18)24-15-7-6-13(28-2)9-16(15)29-3/h4-10H,1-3H3,(H2,21,22,23,24). The topological polar surface area (TPSA) is 111 Å². The van der Waals surface area contributed by atoms with Gasteiger partial charge in [0.05, 0.1) is 24.8 Å². The molecule has 0 radical (unpaired) electrons. The summed E-state index contributed by atoms with van der Waals surface area (Å²) < 4.78 is 10.5. The number of hydrogen-bond acceptors (Lipinski definition) is 8. The van der Waals surface area contributed by atoms with Crippen LogP contribution in [0.1, 0.15) is 5.56 Å². The van der Waals surface area contributed by atoms with Crippen LogP contribution in [-0.4, -0.2) is 29.1 Å². The molecule has 9 nitrogen and oxygen atoms in total. The first-order chi connectivity index (χ1) is 13.9. The van der Waals surface area contributed by atoms with Gasteiger partial charge in [-0.3, -0.25) is 10.1 Å². The van der Waals surface area contributed by atoms with Crippen molar-refractivity contribution in [2.45, 2.75) is 6.92 Å². The average molecular weight is 416 g/mol. The number of nitrogens with one attached hydrogen (secondary N) is 2. The van der Waals surface area contributed by atoms with Crippen molar-refractivity contribution in [3.63, 3.8) is 0 Å². The lowest BCUT2D eigenvalue weighted by Gasteiger charge is -2.13. The van der Waals surface area contributed by atoms with Crippen LogP contribution in [0.4, 0.5) is 28.7 Å². The first kappa shape index (κ1) is 20.2. The Morgan fingerprint density at radius 1 is 1.03 bits per heavy atom. The van der Waals surface area contributed by atoms with Crippen molar-refractivity contribution in [2.24, 2.45) is 0 Å². The lowest BCUT2D eigenvalue weighted by molar-refractivity contribution is -0.383. The summed E-state index contributed by atoms with van der Waals surface area (Å²) in [5, 5.41) is 18.2. The first-order valence-corrected chi connectivity index (χ1v) is 8.82. The summed E-state index contributed by atoms with van der Waals surface area (Å²) in [6.45, 7) is 1.86. The van der Waals surface area contributed by atoms with Crippen LogP contribution in [0.15, 0.2) is 42.7 Å². The van der Waals surface area contributed by atoms with E-state index in [2.05, 4.69) is 20.6 Å². The molecule has 0 fully saturated rings. The Morgan fingerprint density at radius 2 is 1.76 bits per heavy atom. The number of nitro groups is 1. The Hall–Kier alpha value is -3.59. The summed E-state index contributed by atoms with van der Waals surface area (Å²) in [5.74, 6) is 1.06. The second kappa shape index (κ2) is 8.61. The molecule has 3 aromatic rings. The van der Waals surface area contributed by atoms with E-state index < -0.39 is 4.92 Å². The summed E-state index contributed by atoms with van der Waals surface area (Å²) in [5.41, 5.74) is 1.63. The number of ether oxygens (including phenoxy) is 2. The lowest BCUT2D eigenvalue weighted by atomic mass is 10.2. The molecule has 29 heavy (non-hydrogen) atoms. The van der Waals surface area contributed by atoms with E-state index in [0.29, 0.717) is 27.9 Å². The number of methoxy groups -OCH3 is 2. The maximum Gasteiger partial charge on any atom is 0.353 e. The summed E-state index contributed by atoms with van der Waals surface area (Å²) in [6.07, 6.45) is 1.23. The number of anilines is 4. The van der Waals surface area contributed by atoms with Crippen LogP contribution < -0.4 is 20.1 Å². The highest BCUT2D eigenvalue weighted by molar-refractivity contribution is 6.31. The average Bonchev–Trinajstić information content (AvgIpc) is 2.71. The Morgan fingerprint density at radius 3 is 2.38 bits per heavy atom. The summed E-state index contributed by atoms with van der Waals surface area (Å²) in [4.78, 5) is 19.3. The van der Waals surface area contributed by atoms with E-state index in [9.17, 15) is 10.1 Å². The van der Waals surface area contributed by atoms with Gasteiger partial charge >= 0.3 is 5.69 Å². The minimum Gasteiger partial charge on any atom is -0.497 e. The molecule has 1 heterocycles. The molecule has 0 aliphatic carbocycles. The third-order valence-corrected chi connectivity index (χ3v) is 4.51. The van der Waals surface area contributed by atoms with Crippen LogP contribution in [-0.2, 0) is 0 Å². The van der Waals surface area contributed by atoms with Crippen LogP contribution in [0.5, 0.6) is 11.5 Å². The van der Waals surface area contributed by atoms with Crippen molar-refractivity contribution in [3.8, 4) is 11.5 Å². The van der Waals surface area contributed by atoms with Crippen molar-refractivity contribution < 1.29 is 14.4 Å². The van der Waals surface area contributed by atoms with Gasteiger partial charge in [-0.25, -0.2) is 9.97 Å². The molecular weight excluding hydrogens is 398 g/mol. The van der Waals surface area contributed by atoms with E-state index in [1.165, 1.54) is 20.5 Å². The van der Waals surface area contributed by atoms with Crippen molar-refractivity contribution in [1.82, 2.24) is 9.97 Å². The predicted molar refractivity (Wildman–Crippen MR) is 111 cm³/mol. The summed E-state index contributed by atoms with van der Waals surface area (Å²) >= 11 is 6.14. The number of aryl methyl sites for hydroxylation is 1. The van der Waals surface area contributed by atoms with Gasteiger partial charge in [0, 0.05) is 16.8 Å². The molecule has 0 aliphatic rings. The Bertz CT molecular complexity index is 1060. The molecule has 10 heteroatoms. The normalized spacial score (nSPS) is 10.3. The summed E-state index contributed by atoms with van der Waals surface area (Å²) in [6, 6.07) is 10.3. The number of rotatable bonds is 7. The Kier molecular flexibility index (Phi) is 5.99. The molecule has 0 aliphatic heterocycles. The van der Waals surface area contributed by atoms with Crippen LogP contribution >= 0.6 is 11.6 Å². The third kappa shape index (κ3) is 4.46. The van der Waals surface area contributed by atoms with Gasteiger partial charge in [0.15, 0.2) is 0 Å². The quantitative estimate of drug-likeness (QED) is 0.416. The van der Waals surface area contributed by atoms with Gasteiger partial charge in [0.2, 0.25) is 11.6 Å². The van der Waals surface area contributed by atoms with Gasteiger partial charge in [-0.1, -0.05) is 17.7 Å². The largest absolute Gasteiger partial charge is 0.497 e. The summed E-state index contributed by atoms with van der Waals surface area (Å²) in [7, 11) is 3.02. The molecule has 0 spiro atoms. The minimum atomic E-state index is -0.559. The van der Waals surface area contributed by atoms with Crippen LogP contribution in [0.2, 0.25) is 5.02 Å². The molecule has 0 amide bonds.